The first kappa shape index (κ1) is 15.2. The molecule has 1 saturated carbocycles. The third kappa shape index (κ3) is 3.43. The summed E-state index contributed by atoms with van der Waals surface area (Å²) in [5, 5.41) is 3.39. The molecule has 2 aromatic rings. The Morgan fingerprint density at radius 1 is 1.04 bits per heavy atom. The SMILES string of the molecule is CN1CCN(c2ccc(-c3cc(NC4CC4)nc(N)n3)cc2)CC1. The fourth-order valence-electron chi connectivity index (χ4n) is 3.03. The molecule has 6 heteroatoms. The van der Waals surface area contributed by atoms with Crippen LogP contribution in [0.2, 0.25) is 0 Å². The van der Waals surface area contributed by atoms with Crippen molar-refractivity contribution in [3.8, 4) is 11.3 Å². The lowest BCUT2D eigenvalue weighted by Crippen LogP contribution is -2.44. The maximum atomic E-state index is 5.88. The van der Waals surface area contributed by atoms with Crippen molar-refractivity contribution >= 4 is 17.5 Å². The van der Waals surface area contributed by atoms with Gasteiger partial charge in [-0.2, -0.15) is 4.98 Å². The van der Waals surface area contributed by atoms with Crippen molar-refractivity contribution in [2.45, 2.75) is 18.9 Å². The van der Waals surface area contributed by atoms with E-state index in [1.54, 1.807) is 0 Å². The number of nitrogens with two attached hydrogens (primary N) is 1. The molecule has 1 aliphatic carbocycles. The Balaban J connectivity index is 1.52. The van der Waals surface area contributed by atoms with E-state index in [0.29, 0.717) is 12.0 Å². The highest BCUT2D eigenvalue weighted by atomic mass is 15.2. The summed E-state index contributed by atoms with van der Waals surface area (Å²) in [4.78, 5) is 13.5. The molecule has 2 aliphatic rings. The highest BCUT2D eigenvalue weighted by Crippen LogP contribution is 2.27. The number of aromatic nitrogens is 2. The van der Waals surface area contributed by atoms with Crippen LogP contribution in [0, 0.1) is 0 Å². The highest BCUT2D eigenvalue weighted by molar-refractivity contribution is 5.67. The van der Waals surface area contributed by atoms with Gasteiger partial charge in [0.2, 0.25) is 5.95 Å². The monoisotopic (exact) mass is 324 g/mol. The van der Waals surface area contributed by atoms with Gasteiger partial charge in [0.15, 0.2) is 0 Å². The van der Waals surface area contributed by atoms with Crippen LogP contribution >= 0.6 is 0 Å². The van der Waals surface area contributed by atoms with Crippen LogP contribution in [0.1, 0.15) is 12.8 Å². The molecule has 0 radical (unpaired) electrons. The first-order valence-electron chi connectivity index (χ1n) is 8.62. The van der Waals surface area contributed by atoms with Crippen molar-refractivity contribution in [3.63, 3.8) is 0 Å². The zero-order chi connectivity index (χ0) is 16.5. The number of nitrogens with one attached hydrogen (secondary N) is 1. The average Bonchev–Trinajstić information content (AvgIpc) is 3.39. The summed E-state index contributed by atoms with van der Waals surface area (Å²) in [6.07, 6.45) is 2.41. The Kier molecular flexibility index (Phi) is 3.98. The Hall–Kier alpha value is -2.34. The predicted molar refractivity (Wildman–Crippen MR) is 98.2 cm³/mol. The third-order valence-electron chi connectivity index (χ3n) is 4.70. The summed E-state index contributed by atoms with van der Waals surface area (Å²) in [5.74, 6) is 1.14. The number of hydrogen-bond donors (Lipinski definition) is 2. The average molecular weight is 324 g/mol. The Bertz CT molecular complexity index is 702. The quantitative estimate of drug-likeness (QED) is 0.897. The molecule has 24 heavy (non-hydrogen) atoms. The molecule has 3 N–H and O–H groups in total. The molecule has 4 rings (SSSR count). The standard InChI is InChI=1S/C18H24N6/c1-23-8-10-24(11-9-23)15-6-2-13(3-7-15)16-12-17(20-14-4-5-14)22-18(19)21-16/h2-3,6-7,12,14H,4-5,8-11H2,1H3,(H3,19,20,21,22). The number of rotatable bonds is 4. The molecule has 0 unspecified atom stereocenters. The number of likely N-dealkylation sites (N-methyl/N-ethyl adjacent to an activating group) is 1. The van der Waals surface area contributed by atoms with E-state index in [0.717, 1.165) is 43.3 Å². The summed E-state index contributed by atoms with van der Waals surface area (Å²) >= 11 is 0. The maximum absolute atomic E-state index is 5.88. The van der Waals surface area contributed by atoms with Crippen LogP contribution in [0.25, 0.3) is 11.3 Å². The van der Waals surface area contributed by atoms with E-state index in [1.807, 2.05) is 6.07 Å². The van der Waals surface area contributed by atoms with Gasteiger partial charge >= 0.3 is 0 Å². The smallest absolute Gasteiger partial charge is 0.222 e. The topological polar surface area (TPSA) is 70.3 Å². The van der Waals surface area contributed by atoms with Crippen LogP contribution in [-0.4, -0.2) is 54.1 Å². The maximum Gasteiger partial charge on any atom is 0.222 e. The van der Waals surface area contributed by atoms with Crippen molar-refractivity contribution in [1.29, 1.82) is 0 Å². The van der Waals surface area contributed by atoms with Crippen molar-refractivity contribution in [1.82, 2.24) is 14.9 Å². The third-order valence-corrected chi connectivity index (χ3v) is 4.70. The minimum atomic E-state index is 0.318. The zero-order valence-electron chi connectivity index (χ0n) is 14.1. The second-order valence-corrected chi connectivity index (χ2v) is 6.75. The molecule has 1 aromatic heterocycles. The molecule has 2 heterocycles. The summed E-state index contributed by atoms with van der Waals surface area (Å²) in [6.45, 7) is 4.37. The van der Waals surface area contributed by atoms with Gasteiger partial charge in [0.05, 0.1) is 5.69 Å². The Morgan fingerprint density at radius 3 is 2.42 bits per heavy atom. The molecule has 1 aromatic carbocycles. The first-order valence-corrected chi connectivity index (χ1v) is 8.62. The summed E-state index contributed by atoms with van der Waals surface area (Å²) in [7, 11) is 2.17. The van der Waals surface area contributed by atoms with E-state index in [9.17, 15) is 0 Å². The summed E-state index contributed by atoms with van der Waals surface area (Å²) in [6, 6.07) is 11.1. The molecule has 2 fully saturated rings. The Labute approximate surface area is 142 Å². The number of nitrogens with zero attached hydrogens (tertiary/aromatic N) is 4. The number of benzene rings is 1. The fourth-order valence-corrected chi connectivity index (χ4v) is 3.03. The molecule has 0 atom stereocenters. The lowest BCUT2D eigenvalue weighted by atomic mass is 10.1. The molecule has 0 amide bonds. The summed E-state index contributed by atoms with van der Waals surface area (Å²) in [5.41, 5.74) is 9.09. The van der Waals surface area contributed by atoms with Gasteiger partial charge in [0.1, 0.15) is 5.82 Å². The molecule has 0 bridgehead atoms. The van der Waals surface area contributed by atoms with E-state index in [-0.39, 0.29) is 0 Å². The van der Waals surface area contributed by atoms with Gasteiger partial charge in [0.25, 0.3) is 0 Å². The van der Waals surface area contributed by atoms with Gasteiger partial charge in [-0.1, -0.05) is 12.1 Å². The Morgan fingerprint density at radius 2 is 1.75 bits per heavy atom. The minimum Gasteiger partial charge on any atom is -0.369 e. The lowest BCUT2D eigenvalue weighted by Gasteiger charge is -2.34. The van der Waals surface area contributed by atoms with Gasteiger partial charge in [-0.25, -0.2) is 4.98 Å². The second kappa shape index (κ2) is 6.28. The van der Waals surface area contributed by atoms with Crippen molar-refractivity contribution in [2.75, 3.05) is 49.2 Å². The number of nitrogen functional groups attached to an aromatic ring is 1. The van der Waals surface area contributed by atoms with Crippen LogP contribution in [0.5, 0.6) is 0 Å². The fraction of sp³-hybridized carbons (Fsp3) is 0.444. The van der Waals surface area contributed by atoms with E-state index in [2.05, 4.69) is 56.4 Å². The largest absolute Gasteiger partial charge is 0.369 e. The minimum absolute atomic E-state index is 0.318. The van der Waals surface area contributed by atoms with Gasteiger partial charge in [0, 0.05) is 49.5 Å². The summed E-state index contributed by atoms with van der Waals surface area (Å²) < 4.78 is 0. The second-order valence-electron chi connectivity index (χ2n) is 6.75. The van der Waals surface area contributed by atoms with E-state index in [4.69, 9.17) is 5.73 Å². The van der Waals surface area contributed by atoms with E-state index in [1.165, 1.54) is 18.5 Å². The molecule has 1 saturated heterocycles. The number of anilines is 3. The molecular formula is C18H24N6. The van der Waals surface area contributed by atoms with Crippen LogP contribution in [0.3, 0.4) is 0 Å². The normalized spacial score (nSPS) is 18.6. The van der Waals surface area contributed by atoms with Crippen LogP contribution in [0.4, 0.5) is 17.5 Å². The molecule has 1 aliphatic heterocycles. The van der Waals surface area contributed by atoms with Gasteiger partial charge < -0.3 is 20.9 Å². The molecule has 6 nitrogen and oxygen atoms in total. The van der Waals surface area contributed by atoms with Gasteiger partial charge in [-0.3, -0.25) is 0 Å². The van der Waals surface area contributed by atoms with Crippen LogP contribution in [0.15, 0.2) is 30.3 Å². The number of hydrogen-bond acceptors (Lipinski definition) is 6. The zero-order valence-corrected chi connectivity index (χ0v) is 14.1. The van der Waals surface area contributed by atoms with Crippen LogP contribution in [-0.2, 0) is 0 Å². The van der Waals surface area contributed by atoms with Crippen LogP contribution < -0.4 is 16.0 Å². The highest BCUT2D eigenvalue weighted by Gasteiger charge is 2.22. The van der Waals surface area contributed by atoms with Crippen molar-refractivity contribution in [3.05, 3.63) is 30.3 Å². The molecule has 0 spiro atoms. The van der Waals surface area contributed by atoms with E-state index < -0.39 is 0 Å². The lowest BCUT2D eigenvalue weighted by molar-refractivity contribution is 0.313. The van der Waals surface area contributed by atoms with E-state index >= 15 is 0 Å². The van der Waals surface area contributed by atoms with Gasteiger partial charge in [-0.15, -0.1) is 0 Å². The van der Waals surface area contributed by atoms with Crippen molar-refractivity contribution < 1.29 is 0 Å². The number of piperazine rings is 1. The molecule has 126 valence electrons. The first-order chi connectivity index (χ1) is 11.7. The molecular weight excluding hydrogens is 300 g/mol. The predicted octanol–water partition coefficient (Wildman–Crippen LogP) is 2.05. The van der Waals surface area contributed by atoms with Gasteiger partial charge in [-0.05, 0) is 32.0 Å². The van der Waals surface area contributed by atoms with Crippen molar-refractivity contribution in [2.24, 2.45) is 0 Å².